The molecule has 1 aliphatic heterocycles. The van der Waals surface area contributed by atoms with E-state index >= 15 is 0 Å². The molecule has 3 rings (SSSR count). The number of hydrogen-bond donors (Lipinski definition) is 0. The molecule has 8 heteroatoms. The summed E-state index contributed by atoms with van der Waals surface area (Å²) in [6, 6.07) is 5.07. The van der Waals surface area contributed by atoms with Crippen LogP contribution in [0.5, 0.6) is 0 Å². The fourth-order valence-corrected chi connectivity index (χ4v) is 2.65. The highest BCUT2D eigenvalue weighted by molar-refractivity contribution is 5.92. The Morgan fingerprint density at radius 1 is 1.09 bits per heavy atom. The molecule has 0 unspecified atom stereocenters. The van der Waals surface area contributed by atoms with Crippen LogP contribution in [0.1, 0.15) is 35.3 Å². The van der Waals surface area contributed by atoms with Crippen LogP contribution in [-0.2, 0) is 6.18 Å². The van der Waals surface area contributed by atoms with E-state index in [0.29, 0.717) is 13.1 Å². The van der Waals surface area contributed by atoms with Gasteiger partial charge in [0.05, 0.1) is 17.4 Å². The molecule has 0 bridgehead atoms. The summed E-state index contributed by atoms with van der Waals surface area (Å²) in [6.07, 6.45) is -0.315. The molecule has 1 saturated heterocycles. The van der Waals surface area contributed by atoms with Gasteiger partial charge in [-0.25, -0.2) is 4.68 Å². The third-order valence-corrected chi connectivity index (χ3v) is 3.81. The van der Waals surface area contributed by atoms with Crippen molar-refractivity contribution in [2.75, 3.05) is 13.1 Å². The number of hydrogen-bond acceptors (Lipinski definition) is 3. The second-order valence-corrected chi connectivity index (χ2v) is 5.42. The average molecular weight is 324 g/mol. The molecule has 1 amide bonds. The molecule has 0 saturated carbocycles. The van der Waals surface area contributed by atoms with Gasteiger partial charge in [-0.2, -0.15) is 13.2 Å². The first-order valence-corrected chi connectivity index (χ1v) is 7.35. The minimum absolute atomic E-state index is 0.0591. The number of para-hydroxylation sites is 1. The Morgan fingerprint density at radius 3 is 2.48 bits per heavy atom. The van der Waals surface area contributed by atoms with Gasteiger partial charge in [0, 0.05) is 13.1 Å². The average Bonchev–Trinajstić information content (AvgIpc) is 3.04. The van der Waals surface area contributed by atoms with Crippen molar-refractivity contribution in [2.45, 2.75) is 25.4 Å². The van der Waals surface area contributed by atoms with Crippen molar-refractivity contribution in [1.29, 1.82) is 0 Å². The second-order valence-electron chi connectivity index (χ2n) is 5.42. The number of amides is 1. The van der Waals surface area contributed by atoms with Crippen LogP contribution >= 0.6 is 0 Å². The summed E-state index contributed by atoms with van der Waals surface area (Å²) >= 11 is 0. The lowest BCUT2D eigenvalue weighted by Crippen LogP contribution is -2.35. The first-order chi connectivity index (χ1) is 11.0. The van der Waals surface area contributed by atoms with Gasteiger partial charge in [-0.3, -0.25) is 4.79 Å². The summed E-state index contributed by atoms with van der Waals surface area (Å²) in [5.74, 6) is -0.291. The molecule has 2 aromatic rings. The number of likely N-dealkylation sites (tertiary alicyclic amines) is 1. The first kappa shape index (κ1) is 15.5. The SMILES string of the molecule is O=C(c1cn(-c2ccccc2C(F)(F)F)nn1)N1CCCCC1. The summed E-state index contributed by atoms with van der Waals surface area (Å²) < 4.78 is 40.2. The molecule has 1 fully saturated rings. The van der Waals surface area contributed by atoms with Crippen LogP contribution in [0.3, 0.4) is 0 Å². The van der Waals surface area contributed by atoms with Gasteiger partial charge in [-0.1, -0.05) is 17.3 Å². The van der Waals surface area contributed by atoms with Crippen LogP contribution in [0.15, 0.2) is 30.5 Å². The van der Waals surface area contributed by atoms with E-state index in [1.165, 1.54) is 24.4 Å². The summed E-state index contributed by atoms with van der Waals surface area (Å²) in [5.41, 5.74) is -0.907. The minimum atomic E-state index is -4.50. The van der Waals surface area contributed by atoms with Crippen LogP contribution in [0.4, 0.5) is 13.2 Å². The van der Waals surface area contributed by atoms with Crippen LogP contribution in [0, 0.1) is 0 Å². The Bertz CT molecular complexity index is 705. The van der Waals surface area contributed by atoms with Crippen LogP contribution in [0.2, 0.25) is 0 Å². The third-order valence-electron chi connectivity index (χ3n) is 3.81. The number of benzene rings is 1. The number of carbonyl (C=O) groups is 1. The van der Waals surface area contributed by atoms with Crippen LogP contribution in [-0.4, -0.2) is 38.9 Å². The van der Waals surface area contributed by atoms with E-state index in [2.05, 4.69) is 10.3 Å². The lowest BCUT2D eigenvalue weighted by Gasteiger charge is -2.25. The number of rotatable bonds is 2. The van der Waals surface area contributed by atoms with E-state index in [4.69, 9.17) is 0 Å². The summed E-state index contributed by atoms with van der Waals surface area (Å²) in [4.78, 5) is 14.0. The van der Waals surface area contributed by atoms with Gasteiger partial charge < -0.3 is 4.90 Å². The van der Waals surface area contributed by atoms with Crippen LogP contribution in [0.25, 0.3) is 5.69 Å². The second kappa shape index (κ2) is 6.02. The number of piperidine rings is 1. The predicted octanol–water partition coefficient (Wildman–Crippen LogP) is 2.91. The normalized spacial score (nSPS) is 15.7. The lowest BCUT2D eigenvalue weighted by molar-refractivity contribution is -0.137. The molecule has 0 N–H and O–H groups in total. The molecule has 2 heterocycles. The van der Waals surface area contributed by atoms with Gasteiger partial charge in [-0.15, -0.1) is 5.10 Å². The van der Waals surface area contributed by atoms with E-state index in [9.17, 15) is 18.0 Å². The summed E-state index contributed by atoms with van der Waals surface area (Å²) in [7, 11) is 0. The Morgan fingerprint density at radius 2 is 1.78 bits per heavy atom. The monoisotopic (exact) mass is 324 g/mol. The molecule has 122 valence electrons. The zero-order valence-electron chi connectivity index (χ0n) is 12.3. The van der Waals surface area contributed by atoms with E-state index < -0.39 is 11.7 Å². The van der Waals surface area contributed by atoms with Crippen molar-refractivity contribution in [1.82, 2.24) is 19.9 Å². The van der Waals surface area contributed by atoms with Crippen molar-refractivity contribution >= 4 is 5.91 Å². The Balaban J connectivity index is 1.89. The molecule has 0 radical (unpaired) electrons. The molecule has 1 aromatic heterocycles. The van der Waals surface area contributed by atoms with E-state index in [1.54, 1.807) is 4.90 Å². The van der Waals surface area contributed by atoms with Crippen LogP contribution < -0.4 is 0 Å². The summed E-state index contributed by atoms with van der Waals surface area (Å²) in [6.45, 7) is 1.29. The van der Waals surface area contributed by atoms with Crippen molar-refractivity contribution in [3.8, 4) is 5.69 Å². The zero-order valence-corrected chi connectivity index (χ0v) is 12.3. The number of nitrogens with zero attached hydrogens (tertiary/aromatic N) is 4. The molecule has 1 aliphatic rings. The quantitative estimate of drug-likeness (QED) is 0.853. The maximum absolute atomic E-state index is 13.1. The standard InChI is InChI=1S/C15H15F3N4O/c16-15(17,18)11-6-2-3-7-13(11)22-10-12(19-20-22)14(23)21-8-4-1-5-9-21/h2-3,6-7,10H,1,4-5,8-9H2. The van der Waals surface area contributed by atoms with Crippen molar-refractivity contribution < 1.29 is 18.0 Å². The molecule has 0 atom stereocenters. The maximum atomic E-state index is 13.1. The molecule has 23 heavy (non-hydrogen) atoms. The van der Waals surface area contributed by atoms with Crippen molar-refractivity contribution in [3.05, 3.63) is 41.7 Å². The lowest BCUT2D eigenvalue weighted by atomic mass is 10.1. The topological polar surface area (TPSA) is 51.0 Å². The third kappa shape index (κ3) is 3.20. The Hall–Kier alpha value is -2.38. The van der Waals surface area contributed by atoms with Crippen molar-refractivity contribution in [3.63, 3.8) is 0 Å². The van der Waals surface area contributed by atoms with Gasteiger partial charge in [0.15, 0.2) is 5.69 Å². The molecular weight excluding hydrogens is 309 g/mol. The Kier molecular flexibility index (Phi) is 4.06. The van der Waals surface area contributed by atoms with E-state index in [0.717, 1.165) is 30.0 Å². The molecule has 1 aromatic carbocycles. The number of carbonyl (C=O) groups excluding carboxylic acids is 1. The molecular formula is C15H15F3N4O. The maximum Gasteiger partial charge on any atom is 0.418 e. The number of alkyl halides is 3. The smallest absolute Gasteiger partial charge is 0.337 e. The highest BCUT2D eigenvalue weighted by Crippen LogP contribution is 2.33. The number of aromatic nitrogens is 3. The fraction of sp³-hybridized carbons (Fsp3) is 0.400. The predicted molar refractivity (Wildman–Crippen MR) is 76.1 cm³/mol. The zero-order chi connectivity index (χ0) is 16.4. The highest BCUT2D eigenvalue weighted by atomic mass is 19.4. The molecule has 0 aliphatic carbocycles. The molecule has 0 spiro atoms. The Labute approximate surface area is 130 Å². The largest absolute Gasteiger partial charge is 0.418 e. The summed E-state index contributed by atoms with van der Waals surface area (Å²) in [5, 5.41) is 7.44. The van der Waals surface area contributed by atoms with Gasteiger partial charge in [0.1, 0.15) is 0 Å². The van der Waals surface area contributed by atoms with Gasteiger partial charge >= 0.3 is 6.18 Å². The van der Waals surface area contributed by atoms with Crippen molar-refractivity contribution in [2.24, 2.45) is 0 Å². The minimum Gasteiger partial charge on any atom is -0.337 e. The van der Waals surface area contributed by atoms with Gasteiger partial charge in [0.25, 0.3) is 5.91 Å². The van der Waals surface area contributed by atoms with E-state index in [1.807, 2.05) is 0 Å². The fourth-order valence-electron chi connectivity index (χ4n) is 2.65. The first-order valence-electron chi connectivity index (χ1n) is 7.35. The number of halogens is 3. The van der Waals surface area contributed by atoms with Gasteiger partial charge in [-0.05, 0) is 31.4 Å². The molecule has 5 nitrogen and oxygen atoms in total. The highest BCUT2D eigenvalue weighted by Gasteiger charge is 2.34. The van der Waals surface area contributed by atoms with E-state index in [-0.39, 0.29) is 17.3 Å². The van der Waals surface area contributed by atoms with Gasteiger partial charge in [0.2, 0.25) is 0 Å².